The minimum atomic E-state index is -0.907. The van der Waals surface area contributed by atoms with E-state index in [0.29, 0.717) is 0 Å². The van der Waals surface area contributed by atoms with Crippen molar-refractivity contribution in [2.24, 2.45) is 5.73 Å². The van der Waals surface area contributed by atoms with Gasteiger partial charge in [-0.15, -0.1) is 12.4 Å². The van der Waals surface area contributed by atoms with E-state index in [1.54, 1.807) is 13.8 Å². The average molecular weight is 256 g/mol. The summed E-state index contributed by atoms with van der Waals surface area (Å²) in [5, 5.41) is 19.3. The predicted octanol–water partition coefficient (Wildman–Crippen LogP) is -1.03. The molecule has 2 heterocycles. The van der Waals surface area contributed by atoms with Crippen LogP contribution in [0.5, 0.6) is 0 Å². The molecular weight excluding hydrogens is 238 g/mol. The average Bonchev–Trinajstić information content (AvgIpc) is 2.60. The van der Waals surface area contributed by atoms with E-state index in [1.807, 2.05) is 0 Å². The maximum absolute atomic E-state index is 9.85. The third-order valence-electron chi connectivity index (χ3n) is 2.67. The molecule has 0 saturated carbocycles. The highest BCUT2D eigenvalue weighted by Crippen LogP contribution is 2.37. The Morgan fingerprint density at radius 2 is 2.00 bits per heavy atom. The van der Waals surface area contributed by atoms with E-state index in [9.17, 15) is 10.2 Å². The fraction of sp³-hybridized carbons (Fsp3) is 1.00. The van der Waals surface area contributed by atoms with Crippen molar-refractivity contribution in [2.45, 2.75) is 50.3 Å². The van der Waals surface area contributed by atoms with Crippen LogP contribution in [-0.4, -0.2) is 53.3 Å². The Balaban J connectivity index is 0.00000128. The summed E-state index contributed by atoms with van der Waals surface area (Å²) in [5.41, 5.74) is 5.29. The molecule has 96 valence electrons. The van der Waals surface area contributed by atoms with Gasteiger partial charge in [-0.1, -0.05) is 0 Å². The molecule has 2 aliphatic heterocycles. The fourth-order valence-electron chi connectivity index (χ4n) is 1.97. The second-order valence-electron chi connectivity index (χ2n) is 4.36. The summed E-state index contributed by atoms with van der Waals surface area (Å²) in [6, 6.07) is 0. The maximum Gasteiger partial charge on any atom is 0.190 e. The van der Waals surface area contributed by atoms with Crippen LogP contribution in [0.4, 0.5) is 0 Å². The molecule has 0 aromatic heterocycles. The first-order valence-electron chi connectivity index (χ1n) is 5.02. The third-order valence-corrected chi connectivity index (χ3v) is 2.67. The highest BCUT2D eigenvalue weighted by molar-refractivity contribution is 5.85. The van der Waals surface area contributed by atoms with Gasteiger partial charge in [0.1, 0.15) is 18.3 Å². The van der Waals surface area contributed by atoms with Gasteiger partial charge in [0.05, 0.1) is 6.10 Å². The summed E-state index contributed by atoms with van der Waals surface area (Å²) in [5.74, 6) is -0.755. The van der Waals surface area contributed by atoms with Gasteiger partial charge in [0, 0.05) is 6.54 Å². The minimum absolute atomic E-state index is 0. The number of fused-ring (bicyclic) bond motifs is 1. The lowest BCUT2D eigenvalue weighted by Gasteiger charge is -2.25. The van der Waals surface area contributed by atoms with Crippen LogP contribution in [0.1, 0.15) is 13.8 Å². The fourth-order valence-corrected chi connectivity index (χ4v) is 1.97. The Morgan fingerprint density at radius 3 is 2.50 bits per heavy atom. The van der Waals surface area contributed by atoms with Crippen molar-refractivity contribution in [3.63, 3.8) is 0 Å². The molecule has 2 rings (SSSR count). The van der Waals surface area contributed by atoms with E-state index in [0.717, 1.165) is 0 Å². The normalized spacial score (nSPS) is 42.6. The monoisotopic (exact) mass is 255 g/mol. The SMILES string of the molecule is CC1(C)O[C@@H]2O[C@@H](C(O)CN)C(O)[C@H]2O1.Cl. The van der Waals surface area contributed by atoms with Gasteiger partial charge in [-0.25, -0.2) is 0 Å². The number of ether oxygens (including phenoxy) is 3. The van der Waals surface area contributed by atoms with Crippen LogP contribution >= 0.6 is 12.4 Å². The Labute approximate surface area is 100 Å². The summed E-state index contributed by atoms with van der Waals surface area (Å²) in [6.07, 6.45) is -3.72. The lowest BCUT2D eigenvalue weighted by molar-refractivity contribution is -0.225. The Kier molecular flexibility index (Phi) is 4.18. The van der Waals surface area contributed by atoms with Crippen molar-refractivity contribution in [1.29, 1.82) is 0 Å². The van der Waals surface area contributed by atoms with Gasteiger partial charge in [-0.2, -0.15) is 0 Å². The van der Waals surface area contributed by atoms with Gasteiger partial charge in [0.25, 0.3) is 0 Å². The quantitative estimate of drug-likeness (QED) is 0.584. The standard InChI is InChI=1S/C9H17NO5.ClH/c1-9(2)14-7-5(12)6(4(11)3-10)13-8(7)15-9;/h4-8,11-12H,3,10H2,1-2H3;1H/t4?,5?,6-,7+,8-;/m0./s1. The van der Waals surface area contributed by atoms with Crippen molar-refractivity contribution in [2.75, 3.05) is 6.54 Å². The number of nitrogens with two attached hydrogens (primary N) is 1. The van der Waals surface area contributed by atoms with E-state index in [2.05, 4.69) is 0 Å². The molecule has 0 radical (unpaired) electrons. The second-order valence-corrected chi connectivity index (χ2v) is 4.36. The molecule has 2 unspecified atom stereocenters. The molecule has 16 heavy (non-hydrogen) atoms. The first-order chi connectivity index (χ1) is 6.94. The van der Waals surface area contributed by atoms with Crippen LogP contribution in [0.15, 0.2) is 0 Å². The van der Waals surface area contributed by atoms with Crippen LogP contribution < -0.4 is 5.73 Å². The highest BCUT2D eigenvalue weighted by Gasteiger charge is 2.55. The predicted molar refractivity (Wildman–Crippen MR) is 57.0 cm³/mol. The maximum atomic E-state index is 9.85. The summed E-state index contributed by atoms with van der Waals surface area (Å²) in [4.78, 5) is 0. The lowest BCUT2D eigenvalue weighted by atomic mass is 10.1. The molecule has 0 aromatic rings. The van der Waals surface area contributed by atoms with Crippen molar-refractivity contribution in [1.82, 2.24) is 0 Å². The van der Waals surface area contributed by atoms with Gasteiger partial charge in [0.15, 0.2) is 12.1 Å². The topological polar surface area (TPSA) is 94.2 Å². The van der Waals surface area contributed by atoms with Gasteiger partial charge in [-0.3, -0.25) is 0 Å². The molecule has 0 aliphatic carbocycles. The number of aliphatic hydroxyl groups excluding tert-OH is 2. The molecule has 5 atom stereocenters. The van der Waals surface area contributed by atoms with Crippen molar-refractivity contribution < 1.29 is 24.4 Å². The zero-order valence-corrected chi connectivity index (χ0v) is 10.0. The first kappa shape index (κ1) is 14.1. The van der Waals surface area contributed by atoms with Crippen molar-refractivity contribution in [3.8, 4) is 0 Å². The van der Waals surface area contributed by atoms with Gasteiger partial charge >= 0.3 is 0 Å². The lowest BCUT2D eigenvalue weighted by Crippen LogP contribution is -2.43. The van der Waals surface area contributed by atoms with Crippen molar-refractivity contribution >= 4 is 12.4 Å². The van der Waals surface area contributed by atoms with Crippen LogP contribution in [0.2, 0.25) is 0 Å². The van der Waals surface area contributed by atoms with Gasteiger partial charge < -0.3 is 30.2 Å². The molecule has 7 heteroatoms. The van der Waals surface area contributed by atoms with Crippen LogP contribution in [0, 0.1) is 0 Å². The van der Waals surface area contributed by atoms with Gasteiger partial charge in [-0.05, 0) is 13.8 Å². The number of aliphatic hydroxyl groups is 2. The summed E-state index contributed by atoms with van der Waals surface area (Å²) < 4.78 is 16.2. The van der Waals surface area contributed by atoms with Crippen LogP contribution in [0.25, 0.3) is 0 Å². The third kappa shape index (κ3) is 2.33. The van der Waals surface area contributed by atoms with E-state index in [4.69, 9.17) is 19.9 Å². The summed E-state index contributed by atoms with van der Waals surface area (Å²) >= 11 is 0. The Morgan fingerprint density at radius 1 is 1.38 bits per heavy atom. The van der Waals surface area contributed by atoms with E-state index < -0.39 is 36.5 Å². The molecule has 0 spiro atoms. The molecule has 2 fully saturated rings. The molecular formula is C9H18ClNO5. The Hall–Kier alpha value is 0.0500. The van der Waals surface area contributed by atoms with E-state index in [1.165, 1.54) is 0 Å². The van der Waals surface area contributed by atoms with Crippen molar-refractivity contribution in [3.05, 3.63) is 0 Å². The number of rotatable bonds is 2. The van der Waals surface area contributed by atoms with Crippen LogP contribution in [-0.2, 0) is 14.2 Å². The number of halogens is 1. The minimum Gasteiger partial charge on any atom is -0.389 e. The molecule has 2 saturated heterocycles. The van der Waals surface area contributed by atoms with Gasteiger partial charge in [0.2, 0.25) is 0 Å². The molecule has 0 amide bonds. The summed E-state index contributed by atoms with van der Waals surface area (Å²) in [7, 11) is 0. The first-order valence-corrected chi connectivity index (χ1v) is 5.02. The molecule has 0 bridgehead atoms. The molecule has 6 nitrogen and oxygen atoms in total. The smallest absolute Gasteiger partial charge is 0.190 e. The van der Waals surface area contributed by atoms with Crippen LogP contribution in [0.3, 0.4) is 0 Å². The molecule has 4 N–H and O–H groups in total. The molecule has 2 aliphatic rings. The Bertz CT molecular complexity index is 252. The second kappa shape index (κ2) is 4.73. The number of hydrogen-bond donors (Lipinski definition) is 3. The largest absolute Gasteiger partial charge is 0.389 e. The summed E-state index contributed by atoms with van der Waals surface area (Å²) in [6.45, 7) is 3.52. The highest BCUT2D eigenvalue weighted by atomic mass is 35.5. The molecule has 0 aromatic carbocycles. The zero-order chi connectivity index (χ0) is 11.2. The van der Waals surface area contributed by atoms with E-state index >= 15 is 0 Å². The number of hydrogen-bond acceptors (Lipinski definition) is 6. The zero-order valence-electron chi connectivity index (χ0n) is 9.20. The van der Waals surface area contributed by atoms with E-state index in [-0.39, 0.29) is 19.0 Å².